The van der Waals surface area contributed by atoms with Gasteiger partial charge in [0.2, 0.25) is 0 Å². The molecule has 1 aromatic rings. The normalized spacial score (nSPS) is 27.0. The first-order chi connectivity index (χ1) is 10.7. The molecule has 1 saturated carbocycles. The maximum absolute atomic E-state index is 10.1. The van der Waals surface area contributed by atoms with Crippen LogP contribution in [0.1, 0.15) is 44.8 Å². The molecule has 1 aliphatic rings. The Kier molecular flexibility index (Phi) is 7.13. The van der Waals surface area contributed by atoms with Crippen LogP contribution >= 0.6 is 24.0 Å². The minimum absolute atomic E-state index is 0. The molecule has 0 spiro atoms. The summed E-state index contributed by atoms with van der Waals surface area (Å²) in [5.74, 6) is 2.02. The summed E-state index contributed by atoms with van der Waals surface area (Å²) in [4.78, 5) is 4.23. The molecule has 3 atom stereocenters. The molecule has 1 heterocycles. The average Bonchev–Trinajstić information content (AvgIpc) is 2.96. The summed E-state index contributed by atoms with van der Waals surface area (Å²) < 4.78 is 11.1. The van der Waals surface area contributed by atoms with Crippen molar-refractivity contribution in [3.63, 3.8) is 0 Å². The summed E-state index contributed by atoms with van der Waals surface area (Å²) >= 11 is 0. The Bertz CT molecular complexity index is 573. The highest BCUT2D eigenvalue weighted by atomic mass is 127. The number of guanidine groups is 1. The molecule has 0 amide bonds. The van der Waals surface area contributed by atoms with Gasteiger partial charge in [-0.1, -0.05) is 13.8 Å². The maximum atomic E-state index is 10.1. The van der Waals surface area contributed by atoms with Crippen LogP contribution in [-0.4, -0.2) is 43.4 Å². The third-order valence-corrected chi connectivity index (χ3v) is 5.37. The average molecular weight is 451 g/mol. The van der Waals surface area contributed by atoms with E-state index in [0.717, 1.165) is 12.2 Å². The van der Waals surface area contributed by atoms with E-state index in [2.05, 4.69) is 36.4 Å². The molecule has 0 aromatic carbocycles. The Morgan fingerprint density at radius 2 is 2.12 bits per heavy atom. The van der Waals surface area contributed by atoms with Crippen molar-refractivity contribution in [2.75, 3.05) is 20.7 Å². The molecular formula is C17H30IN3O3. The number of ether oxygens (including phenoxy) is 1. The monoisotopic (exact) mass is 451 g/mol. The fourth-order valence-electron chi connectivity index (χ4n) is 3.01. The van der Waals surface area contributed by atoms with Crippen LogP contribution in [0.25, 0.3) is 0 Å². The number of aliphatic hydroxyl groups excluding tert-OH is 1. The molecule has 3 unspecified atom stereocenters. The number of methoxy groups -OCH3 is 1. The van der Waals surface area contributed by atoms with Crippen molar-refractivity contribution in [1.29, 1.82) is 0 Å². The second-order valence-corrected chi connectivity index (χ2v) is 6.98. The zero-order chi connectivity index (χ0) is 17.3. The van der Waals surface area contributed by atoms with Gasteiger partial charge in [-0.2, -0.15) is 0 Å². The Morgan fingerprint density at radius 1 is 1.46 bits per heavy atom. The van der Waals surface area contributed by atoms with Crippen LogP contribution in [0, 0.1) is 12.3 Å². The Hall–Kier alpha value is -0.800. The molecule has 0 bridgehead atoms. The van der Waals surface area contributed by atoms with E-state index in [9.17, 15) is 5.11 Å². The molecular weight excluding hydrogens is 421 g/mol. The van der Waals surface area contributed by atoms with E-state index >= 15 is 0 Å². The first-order valence-corrected chi connectivity index (χ1v) is 8.00. The number of furan rings is 1. The lowest BCUT2D eigenvalue weighted by atomic mass is 9.56. The number of hydrogen-bond acceptors (Lipinski definition) is 4. The van der Waals surface area contributed by atoms with Crippen LogP contribution in [0.5, 0.6) is 0 Å². The number of aliphatic imine (C=N–C) groups is 1. The van der Waals surface area contributed by atoms with Gasteiger partial charge in [-0.3, -0.25) is 4.99 Å². The van der Waals surface area contributed by atoms with Gasteiger partial charge in [0.05, 0.1) is 12.1 Å². The summed E-state index contributed by atoms with van der Waals surface area (Å²) in [5.41, 5.74) is -0.134. The molecule has 7 heteroatoms. The summed E-state index contributed by atoms with van der Waals surface area (Å²) in [6.45, 7) is 8.69. The fraction of sp³-hybridized carbons (Fsp3) is 0.706. The highest BCUT2D eigenvalue weighted by molar-refractivity contribution is 14.0. The summed E-state index contributed by atoms with van der Waals surface area (Å²) in [6, 6.07) is 3.90. The predicted octanol–water partition coefficient (Wildman–Crippen LogP) is 2.61. The molecule has 0 saturated heterocycles. The summed E-state index contributed by atoms with van der Waals surface area (Å²) in [5, 5.41) is 16.7. The standard InChI is InChI=1S/C17H29N3O3.HI/c1-11-7-8-13(23-11)12(21)10-19-15(18-5)20-14-9-17(4,22-6)16(14,2)3;/h7-8,12,14,21H,9-10H2,1-6H3,(H2,18,19,20);1H. The van der Waals surface area contributed by atoms with Crippen LogP contribution in [0.3, 0.4) is 0 Å². The maximum Gasteiger partial charge on any atom is 0.191 e. The largest absolute Gasteiger partial charge is 0.464 e. The zero-order valence-corrected chi connectivity index (χ0v) is 17.7. The summed E-state index contributed by atoms with van der Waals surface area (Å²) in [6.07, 6.45) is 0.206. The molecule has 3 N–H and O–H groups in total. The van der Waals surface area contributed by atoms with Gasteiger partial charge in [-0.25, -0.2) is 0 Å². The number of hydrogen-bond donors (Lipinski definition) is 3. The van der Waals surface area contributed by atoms with Crippen LogP contribution in [0.2, 0.25) is 0 Å². The van der Waals surface area contributed by atoms with Gasteiger partial charge in [0.25, 0.3) is 0 Å². The van der Waals surface area contributed by atoms with Crippen LogP contribution in [-0.2, 0) is 4.74 Å². The van der Waals surface area contributed by atoms with Crippen LogP contribution in [0.4, 0.5) is 0 Å². The highest BCUT2D eigenvalue weighted by Gasteiger charge is 2.58. The lowest BCUT2D eigenvalue weighted by Crippen LogP contribution is -2.69. The molecule has 6 nitrogen and oxygen atoms in total. The van der Waals surface area contributed by atoms with Crippen molar-refractivity contribution in [3.05, 3.63) is 23.7 Å². The van der Waals surface area contributed by atoms with Crippen molar-refractivity contribution in [1.82, 2.24) is 10.6 Å². The quantitative estimate of drug-likeness (QED) is 0.365. The number of aryl methyl sites for hydroxylation is 1. The lowest BCUT2D eigenvalue weighted by Gasteiger charge is -2.59. The second kappa shape index (κ2) is 8.05. The smallest absolute Gasteiger partial charge is 0.191 e. The van der Waals surface area contributed by atoms with Gasteiger partial charge >= 0.3 is 0 Å². The molecule has 0 aliphatic heterocycles. The Balaban J connectivity index is 0.00000288. The van der Waals surface area contributed by atoms with E-state index in [1.54, 1.807) is 20.2 Å². The van der Waals surface area contributed by atoms with Gasteiger partial charge in [0, 0.05) is 25.6 Å². The predicted molar refractivity (Wildman–Crippen MR) is 106 cm³/mol. The number of nitrogens with one attached hydrogen (secondary N) is 2. The molecule has 1 aromatic heterocycles. The first kappa shape index (κ1) is 21.2. The Labute approximate surface area is 161 Å². The van der Waals surface area contributed by atoms with E-state index < -0.39 is 6.10 Å². The molecule has 2 rings (SSSR count). The van der Waals surface area contributed by atoms with E-state index in [1.807, 2.05) is 13.0 Å². The minimum atomic E-state index is -0.708. The molecule has 1 aliphatic carbocycles. The molecule has 138 valence electrons. The topological polar surface area (TPSA) is 79.0 Å². The number of aliphatic hydroxyl groups is 1. The van der Waals surface area contributed by atoms with E-state index in [0.29, 0.717) is 18.3 Å². The molecule has 24 heavy (non-hydrogen) atoms. The van der Waals surface area contributed by atoms with Gasteiger partial charge in [0.15, 0.2) is 5.96 Å². The van der Waals surface area contributed by atoms with Crippen molar-refractivity contribution in [2.24, 2.45) is 10.4 Å². The van der Waals surface area contributed by atoms with Crippen molar-refractivity contribution in [2.45, 2.75) is 51.9 Å². The van der Waals surface area contributed by atoms with Gasteiger partial charge < -0.3 is 24.9 Å². The highest BCUT2D eigenvalue weighted by Crippen LogP contribution is 2.51. The first-order valence-electron chi connectivity index (χ1n) is 8.00. The third kappa shape index (κ3) is 4.05. The van der Waals surface area contributed by atoms with Crippen molar-refractivity contribution in [3.8, 4) is 0 Å². The van der Waals surface area contributed by atoms with E-state index in [-0.39, 0.29) is 41.0 Å². The number of rotatable bonds is 5. The second-order valence-electron chi connectivity index (χ2n) is 6.98. The summed E-state index contributed by atoms with van der Waals surface area (Å²) in [7, 11) is 3.48. The SMILES string of the molecule is CN=C(NCC(O)c1ccc(C)o1)NC1CC(C)(OC)C1(C)C.I. The van der Waals surface area contributed by atoms with E-state index in [1.165, 1.54) is 0 Å². The lowest BCUT2D eigenvalue weighted by molar-refractivity contribution is -0.176. The van der Waals surface area contributed by atoms with Crippen LogP contribution < -0.4 is 10.6 Å². The van der Waals surface area contributed by atoms with Crippen LogP contribution in [0.15, 0.2) is 21.5 Å². The number of nitrogens with zero attached hydrogens (tertiary/aromatic N) is 1. The Morgan fingerprint density at radius 3 is 2.58 bits per heavy atom. The van der Waals surface area contributed by atoms with Gasteiger partial charge in [-0.05, 0) is 32.4 Å². The van der Waals surface area contributed by atoms with Gasteiger partial charge in [-0.15, -0.1) is 24.0 Å². The fourth-order valence-corrected chi connectivity index (χ4v) is 3.01. The van der Waals surface area contributed by atoms with Crippen molar-refractivity contribution >= 4 is 29.9 Å². The molecule has 1 fully saturated rings. The zero-order valence-electron chi connectivity index (χ0n) is 15.3. The van der Waals surface area contributed by atoms with Crippen molar-refractivity contribution < 1.29 is 14.3 Å². The third-order valence-electron chi connectivity index (χ3n) is 5.37. The minimum Gasteiger partial charge on any atom is -0.464 e. The van der Waals surface area contributed by atoms with Gasteiger partial charge in [0.1, 0.15) is 17.6 Å². The number of halogens is 1. The van der Waals surface area contributed by atoms with E-state index in [4.69, 9.17) is 9.15 Å². The molecule has 0 radical (unpaired) electrons.